The first-order valence-electron chi connectivity index (χ1n) is 4.80. The maximum absolute atomic E-state index is 13.3. The molecule has 18 heavy (non-hydrogen) atoms. The Morgan fingerprint density at radius 2 is 1.67 bits per heavy atom. The summed E-state index contributed by atoms with van der Waals surface area (Å²) in [5, 5.41) is 2.31. The number of halogens is 5. The van der Waals surface area contributed by atoms with E-state index in [2.05, 4.69) is 5.32 Å². The summed E-state index contributed by atoms with van der Waals surface area (Å²) in [4.78, 5) is 0.684. The molecule has 0 spiro atoms. The standard InChI is InChI=1S/C11H6ClF4NS/c12-8-2-1-5(18-8)4-17-11-9(15)6(13)3-7(14)10(11)16/h1-3,17H,4H2. The molecule has 96 valence electrons. The Labute approximate surface area is 109 Å². The summed E-state index contributed by atoms with van der Waals surface area (Å²) >= 11 is 6.88. The highest BCUT2D eigenvalue weighted by molar-refractivity contribution is 7.16. The Kier molecular flexibility index (Phi) is 3.77. The van der Waals surface area contributed by atoms with Gasteiger partial charge in [-0.2, -0.15) is 0 Å². The number of anilines is 1. The van der Waals surface area contributed by atoms with Gasteiger partial charge in [-0.1, -0.05) is 11.6 Å². The monoisotopic (exact) mass is 295 g/mol. The van der Waals surface area contributed by atoms with Crippen molar-refractivity contribution in [1.82, 2.24) is 0 Å². The SMILES string of the molecule is Fc1cc(F)c(F)c(NCc2ccc(Cl)s2)c1F. The van der Waals surface area contributed by atoms with Crippen LogP contribution in [0.4, 0.5) is 23.2 Å². The van der Waals surface area contributed by atoms with E-state index in [-0.39, 0.29) is 12.6 Å². The fraction of sp³-hybridized carbons (Fsp3) is 0.0909. The lowest BCUT2D eigenvalue weighted by Crippen LogP contribution is -2.06. The van der Waals surface area contributed by atoms with Crippen LogP contribution in [0, 0.1) is 23.3 Å². The summed E-state index contributed by atoms with van der Waals surface area (Å²) < 4.78 is 52.9. The van der Waals surface area contributed by atoms with Crippen molar-refractivity contribution in [3.63, 3.8) is 0 Å². The zero-order chi connectivity index (χ0) is 13.3. The molecule has 0 atom stereocenters. The van der Waals surface area contributed by atoms with Crippen LogP contribution in [0.25, 0.3) is 0 Å². The lowest BCUT2D eigenvalue weighted by molar-refractivity contribution is 0.458. The highest BCUT2D eigenvalue weighted by Crippen LogP contribution is 2.26. The Morgan fingerprint density at radius 1 is 1.06 bits per heavy atom. The van der Waals surface area contributed by atoms with E-state index in [1.54, 1.807) is 12.1 Å². The van der Waals surface area contributed by atoms with Gasteiger partial charge in [-0.3, -0.25) is 0 Å². The number of hydrogen-bond acceptors (Lipinski definition) is 2. The van der Waals surface area contributed by atoms with Crippen LogP contribution in [0.2, 0.25) is 4.34 Å². The van der Waals surface area contributed by atoms with E-state index in [0.29, 0.717) is 9.21 Å². The molecule has 0 amide bonds. The summed E-state index contributed by atoms with van der Waals surface area (Å²) in [6.45, 7) is 0.0219. The van der Waals surface area contributed by atoms with Gasteiger partial charge in [-0.15, -0.1) is 11.3 Å². The van der Waals surface area contributed by atoms with Gasteiger partial charge in [0.15, 0.2) is 23.3 Å². The fourth-order valence-electron chi connectivity index (χ4n) is 1.35. The van der Waals surface area contributed by atoms with Crippen LogP contribution in [-0.2, 0) is 6.54 Å². The van der Waals surface area contributed by atoms with Crippen molar-refractivity contribution in [3.05, 3.63) is 50.7 Å². The lowest BCUT2D eigenvalue weighted by atomic mass is 10.2. The maximum atomic E-state index is 13.3. The number of thiophene rings is 1. The van der Waals surface area contributed by atoms with Crippen LogP contribution >= 0.6 is 22.9 Å². The predicted molar refractivity (Wildman–Crippen MR) is 62.9 cm³/mol. The van der Waals surface area contributed by atoms with E-state index in [1.807, 2.05) is 0 Å². The topological polar surface area (TPSA) is 12.0 Å². The quantitative estimate of drug-likeness (QED) is 0.646. The van der Waals surface area contributed by atoms with Crippen molar-refractivity contribution in [2.24, 2.45) is 0 Å². The van der Waals surface area contributed by atoms with Gasteiger partial charge in [-0.05, 0) is 12.1 Å². The fourth-order valence-corrected chi connectivity index (χ4v) is 2.38. The van der Waals surface area contributed by atoms with E-state index in [1.165, 1.54) is 11.3 Å². The van der Waals surface area contributed by atoms with Gasteiger partial charge < -0.3 is 5.32 Å². The van der Waals surface area contributed by atoms with Crippen LogP contribution in [0.5, 0.6) is 0 Å². The highest BCUT2D eigenvalue weighted by Gasteiger charge is 2.18. The molecule has 1 aromatic carbocycles. The summed E-state index contributed by atoms with van der Waals surface area (Å²) in [7, 11) is 0. The average molecular weight is 296 g/mol. The van der Waals surface area contributed by atoms with Crippen molar-refractivity contribution in [1.29, 1.82) is 0 Å². The second-order valence-electron chi connectivity index (χ2n) is 3.40. The van der Waals surface area contributed by atoms with E-state index in [0.717, 1.165) is 0 Å². The molecule has 0 saturated carbocycles. The molecule has 0 bridgehead atoms. The summed E-state index contributed by atoms with van der Waals surface area (Å²) in [5.74, 6) is -5.78. The molecule has 1 heterocycles. The molecule has 0 aliphatic rings. The van der Waals surface area contributed by atoms with Crippen molar-refractivity contribution in [3.8, 4) is 0 Å². The Morgan fingerprint density at radius 3 is 2.17 bits per heavy atom. The minimum absolute atomic E-state index is 0.0219. The molecule has 2 aromatic rings. The Bertz CT molecular complexity index is 558. The van der Waals surface area contributed by atoms with Gasteiger partial charge in [0.2, 0.25) is 0 Å². The first-order chi connectivity index (χ1) is 8.49. The van der Waals surface area contributed by atoms with E-state index in [4.69, 9.17) is 11.6 Å². The van der Waals surface area contributed by atoms with Crippen LogP contribution in [-0.4, -0.2) is 0 Å². The number of rotatable bonds is 3. The molecule has 0 fully saturated rings. The van der Waals surface area contributed by atoms with Crippen LogP contribution in [0.1, 0.15) is 4.88 Å². The van der Waals surface area contributed by atoms with E-state index in [9.17, 15) is 17.6 Å². The normalized spacial score (nSPS) is 10.7. The second-order valence-corrected chi connectivity index (χ2v) is 5.20. The van der Waals surface area contributed by atoms with Crippen molar-refractivity contribution in [2.45, 2.75) is 6.54 Å². The average Bonchev–Trinajstić information content (AvgIpc) is 2.73. The molecular formula is C11H6ClF4NS. The lowest BCUT2D eigenvalue weighted by Gasteiger charge is -2.08. The molecule has 1 aromatic heterocycles. The summed E-state index contributed by atoms with van der Waals surface area (Å²) in [6.07, 6.45) is 0. The van der Waals surface area contributed by atoms with Crippen LogP contribution in [0.15, 0.2) is 18.2 Å². The van der Waals surface area contributed by atoms with Gasteiger partial charge in [0.05, 0.1) is 4.34 Å². The zero-order valence-electron chi connectivity index (χ0n) is 8.74. The molecular weight excluding hydrogens is 290 g/mol. The Hall–Kier alpha value is -1.27. The van der Waals surface area contributed by atoms with Crippen molar-refractivity contribution in [2.75, 3.05) is 5.32 Å². The van der Waals surface area contributed by atoms with Gasteiger partial charge in [0, 0.05) is 17.5 Å². The highest BCUT2D eigenvalue weighted by atomic mass is 35.5. The molecule has 0 aliphatic heterocycles. The summed E-state index contributed by atoms with van der Waals surface area (Å²) in [6, 6.07) is 3.42. The molecule has 0 radical (unpaired) electrons. The zero-order valence-corrected chi connectivity index (χ0v) is 10.3. The van der Waals surface area contributed by atoms with Gasteiger partial charge >= 0.3 is 0 Å². The van der Waals surface area contributed by atoms with Crippen molar-refractivity contribution >= 4 is 28.6 Å². The molecule has 1 N–H and O–H groups in total. The van der Waals surface area contributed by atoms with E-state index < -0.39 is 29.0 Å². The van der Waals surface area contributed by atoms with Crippen molar-refractivity contribution < 1.29 is 17.6 Å². The predicted octanol–water partition coefficient (Wildman–Crippen LogP) is 4.57. The molecule has 0 aliphatic carbocycles. The third kappa shape index (κ3) is 2.59. The third-order valence-corrected chi connectivity index (χ3v) is 3.41. The molecule has 0 saturated heterocycles. The Balaban J connectivity index is 2.24. The van der Waals surface area contributed by atoms with Crippen LogP contribution < -0.4 is 5.32 Å². The second kappa shape index (κ2) is 5.16. The number of benzene rings is 1. The van der Waals surface area contributed by atoms with Gasteiger partial charge in [0.1, 0.15) is 5.69 Å². The maximum Gasteiger partial charge on any atom is 0.185 e. The van der Waals surface area contributed by atoms with E-state index >= 15 is 0 Å². The molecule has 0 unspecified atom stereocenters. The largest absolute Gasteiger partial charge is 0.375 e. The summed E-state index contributed by atoms with van der Waals surface area (Å²) in [5.41, 5.74) is -0.822. The molecule has 7 heteroatoms. The minimum Gasteiger partial charge on any atom is -0.375 e. The van der Waals surface area contributed by atoms with Gasteiger partial charge in [0.25, 0.3) is 0 Å². The minimum atomic E-state index is -1.45. The number of nitrogens with one attached hydrogen (secondary N) is 1. The first-order valence-corrected chi connectivity index (χ1v) is 5.99. The number of hydrogen-bond donors (Lipinski definition) is 1. The molecule has 1 nitrogen and oxygen atoms in total. The first kappa shape index (κ1) is 13.2. The molecule has 2 rings (SSSR count). The van der Waals surface area contributed by atoms with Crippen LogP contribution in [0.3, 0.4) is 0 Å². The van der Waals surface area contributed by atoms with Gasteiger partial charge in [-0.25, -0.2) is 17.6 Å². The smallest absolute Gasteiger partial charge is 0.185 e. The third-order valence-electron chi connectivity index (χ3n) is 2.18.